The predicted molar refractivity (Wildman–Crippen MR) is 113 cm³/mol. The lowest BCUT2D eigenvalue weighted by Crippen LogP contribution is -2.39. The van der Waals surface area contributed by atoms with Gasteiger partial charge in [0.25, 0.3) is 0 Å². The summed E-state index contributed by atoms with van der Waals surface area (Å²) in [5, 5.41) is 0. The van der Waals surface area contributed by atoms with E-state index in [9.17, 15) is 4.79 Å². The molecule has 3 heterocycles. The minimum absolute atomic E-state index is 0.288. The van der Waals surface area contributed by atoms with Crippen LogP contribution < -0.4 is 20.4 Å². The molecule has 0 atom stereocenters. The van der Waals surface area contributed by atoms with Crippen molar-refractivity contribution in [3.05, 3.63) is 24.3 Å². The number of piperidine rings is 1. The smallest absolute Gasteiger partial charge is 0.236 e. The fraction of sp³-hybridized carbons (Fsp3) is 0.500. The Morgan fingerprint density at radius 3 is 2.24 bits per heavy atom. The Labute approximate surface area is 170 Å². The number of Topliss-reactive ketones (excluding diaryl/α,β-unsaturated/α-hetero) is 1. The predicted octanol–water partition coefficient (Wildman–Crippen LogP) is 1.62. The Balaban J connectivity index is 1.74. The topological polar surface area (TPSA) is 101 Å². The summed E-state index contributed by atoms with van der Waals surface area (Å²) in [4.78, 5) is 32.2. The van der Waals surface area contributed by atoms with E-state index in [0.29, 0.717) is 69.2 Å². The molecule has 0 saturated carbocycles. The number of aromatic nitrogens is 3. The second kappa shape index (κ2) is 8.60. The number of carbonyl (C=O) groups excluding carboxylic acids is 1. The minimum Gasteiger partial charge on any atom is -0.397 e. The van der Waals surface area contributed by atoms with Gasteiger partial charge in [-0.25, -0.2) is 0 Å². The Bertz CT molecular complexity index is 860. The van der Waals surface area contributed by atoms with E-state index in [0.717, 1.165) is 18.8 Å². The third-order valence-electron chi connectivity index (χ3n) is 5.28. The van der Waals surface area contributed by atoms with E-state index >= 15 is 0 Å². The first kappa shape index (κ1) is 19.4. The number of para-hydroxylation sites is 2. The summed E-state index contributed by atoms with van der Waals surface area (Å²) in [6, 6.07) is 7.71. The van der Waals surface area contributed by atoms with Crippen molar-refractivity contribution in [1.29, 1.82) is 0 Å². The van der Waals surface area contributed by atoms with Crippen molar-refractivity contribution in [1.82, 2.24) is 15.0 Å². The van der Waals surface area contributed by atoms with Crippen LogP contribution >= 0.6 is 0 Å². The Morgan fingerprint density at radius 1 is 1.00 bits per heavy atom. The van der Waals surface area contributed by atoms with Crippen LogP contribution in [0.3, 0.4) is 0 Å². The van der Waals surface area contributed by atoms with E-state index in [1.54, 1.807) is 0 Å². The number of benzene rings is 1. The normalized spacial score (nSPS) is 17.5. The molecule has 0 bridgehead atoms. The molecule has 2 N–H and O–H groups in total. The summed E-state index contributed by atoms with van der Waals surface area (Å²) in [5.74, 6) is 2.10. The Kier molecular flexibility index (Phi) is 5.75. The van der Waals surface area contributed by atoms with Crippen LogP contribution in [0.1, 0.15) is 19.8 Å². The van der Waals surface area contributed by atoms with Crippen molar-refractivity contribution in [3.8, 4) is 0 Å². The van der Waals surface area contributed by atoms with Crippen LogP contribution in [0.15, 0.2) is 24.3 Å². The van der Waals surface area contributed by atoms with Crippen LogP contribution in [0.25, 0.3) is 0 Å². The molecule has 2 aliphatic heterocycles. The van der Waals surface area contributed by atoms with Gasteiger partial charge in [0.1, 0.15) is 5.78 Å². The second-order valence-electron chi connectivity index (χ2n) is 7.16. The van der Waals surface area contributed by atoms with E-state index in [4.69, 9.17) is 25.4 Å². The van der Waals surface area contributed by atoms with Crippen LogP contribution in [-0.4, -0.2) is 66.7 Å². The molecule has 9 heteroatoms. The third-order valence-corrected chi connectivity index (χ3v) is 5.28. The zero-order valence-corrected chi connectivity index (χ0v) is 16.8. The number of carbonyl (C=O) groups is 1. The van der Waals surface area contributed by atoms with Gasteiger partial charge in [0, 0.05) is 45.6 Å². The summed E-state index contributed by atoms with van der Waals surface area (Å²) in [6.07, 6.45) is 1.05. The van der Waals surface area contributed by atoms with Crippen molar-refractivity contribution >= 4 is 35.0 Å². The first-order valence-electron chi connectivity index (χ1n) is 10.1. The van der Waals surface area contributed by atoms with E-state index in [1.165, 1.54) is 0 Å². The monoisotopic (exact) mass is 397 g/mol. The number of rotatable bonds is 5. The number of nitrogens with zero attached hydrogens (tertiary/aromatic N) is 6. The summed E-state index contributed by atoms with van der Waals surface area (Å²) >= 11 is 0. The van der Waals surface area contributed by atoms with E-state index in [2.05, 4.69) is 9.80 Å². The van der Waals surface area contributed by atoms with Gasteiger partial charge in [-0.1, -0.05) is 12.1 Å². The molecule has 0 spiro atoms. The van der Waals surface area contributed by atoms with Gasteiger partial charge in [-0.05, 0) is 19.1 Å². The number of ether oxygens (including phenoxy) is 1. The van der Waals surface area contributed by atoms with Crippen LogP contribution in [0.4, 0.5) is 29.2 Å². The first-order chi connectivity index (χ1) is 14.2. The van der Waals surface area contributed by atoms with Gasteiger partial charge in [-0.2, -0.15) is 15.0 Å². The molecule has 2 fully saturated rings. The summed E-state index contributed by atoms with van der Waals surface area (Å²) in [6.45, 7) is 6.74. The number of hydrogen-bond donors (Lipinski definition) is 1. The standard InChI is InChI=1S/C20H27N7O2/c1-2-27(17-6-4-3-5-16(17)21)20-23-18(25-9-7-15(28)8-10-25)22-19(24-20)26-11-13-29-14-12-26/h3-6H,2,7-14,21H2,1H3. The van der Waals surface area contributed by atoms with Crippen LogP contribution in [-0.2, 0) is 9.53 Å². The van der Waals surface area contributed by atoms with E-state index in [1.807, 2.05) is 36.1 Å². The molecule has 0 unspecified atom stereocenters. The maximum Gasteiger partial charge on any atom is 0.236 e. The molecule has 1 aromatic heterocycles. The third kappa shape index (κ3) is 4.24. The lowest BCUT2D eigenvalue weighted by Gasteiger charge is -2.31. The molecular formula is C20H27N7O2. The average Bonchev–Trinajstić information content (AvgIpc) is 2.76. The Hall–Kier alpha value is -2.94. The number of nitrogens with two attached hydrogens (primary N) is 1. The molecule has 2 aliphatic rings. The lowest BCUT2D eigenvalue weighted by molar-refractivity contribution is -0.119. The van der Waals surface area contributed by atoms with Crippen LogP contribution in [0.5, 0.6) is 0 Å². The highest BCUT2D eigenvalue weighted by atomic mass is 16.5. The number of nitrogen functional groups attached to an aromatic ring is 1. The largest absolute Gasteiger partial charge is 0.397 e. The quantitative estimate of drug-likeness (QED) is 0.754. The highest BCUT2D eigenvalue weighted by Gasteiger charge is 2.24. The molecule has 9 nitrogen and oxygen atoms in total. The zero-order valence-electron chi connectivity index (χ0n) is 16.8. The van der Waals surface area contributed by atoms with Crippen molar-refractivity contribution < 1.29 is 9.53 Å². The molecule has 1 aromatic carbocycles. The molecule has 0 amide bonds. The summed E-state index contributed by atoms with van der Waals surface area (Å²) in [5.41, 5.74) is 7.77. The minimum atomic E-state index is 0.288. The second-order valence-corrected chi connectivity index (χ2v) is 7.16. The summed E-state index contributed by atoms with van der Waals surface area (Å²) < 4.78 is 5.48. The fourth-order valence-electron chi connectivity index (χ4n) is 3.62. The fourth-order valence-corrected chi connectivity index (χ4v) is 3.62. The van der Waals surface area contributed by atoms with Gasteiger partial charge in [0.05, 0.1) is 24.6 Å². The highest BCUT2D eigenvalue weighted by Crippen LogP contribution is 2.30. The molecule has 0 radical (unpaired) electrons. The lowest BCUT2D eigenvalue weighted by atomic mass is 10.1. The molecule has 0 aliphatic carbocycles. The van der Waals surface area contributed by atoms with Crippen LogP contribution in [0, 0.1) is 0 Å². The van der Waals surface area contributed by atoms with Crippen molar-refractivity contribution in [2.75, 3.05) is 66.4 Å². The number of ketones is 1. The first-order valence-corrected chi connectivity index (χ1v) is 10.1. The molecular weight excluding hydrogens is 370 g/mol. The van der Waals surface area contributed by atoms with Gasteiger partial charge < -0.3 is 25.2 Å². The summed E-state index contributed by atoms with van der Waals surface area (Å²) in [7, 11) is 0. The van der Waals surface area contributed by atoms with Gasteiger partial charge >= 0.3 is 0 Å². The van der Waals surface area contributed by atoms with Crippen LogP contribution in [0.2, 0.25) is 0 Å². The molecule has 154 valence electrons. The van der Waals surface area contributed by atoms with E-state index < -0.39 is 0 Å². The maximum absolute atomic E-state index is 11.7. The van der Waals surface area contributed by atoms with Gasteiger partial charge in [0.15, 0.2) is 0 Å². The zero-order chi connectivity index (χ0) is 20.2. The molecule has 2 aromatic rings. The highest BCUT2D eigenvalue weighted by molar-refractivity contribution is 5.80. The van der Waals surface area contributed by atoms with Gasteiger partial charge in [0.2, 0.25) is 17.8 Å². The number of hydrogen-bond acceptors (Lipinski definition) is 9. The molecule has 4 rings (SSSR count). The number of morpholine rings is 1. The maximum atomic E-state index is 11.7. The van der Waals surface area contributed by atoms with Crippen molar-refractivity contribution in [3.63, 3.8) is 0 Å². The van der Waals surface area contributed by atoms with Gasteiger partial charge in [-0.3, -0.25) is 4.79 Å². The van der Waals surface area contributed by atoms with Crippen molar-refractivity contribution in [2.45, 2.75) is 19.8 Å². The average molecular weight is 397 g/mol. The van der Waals surface area contributed by atoms with Gasteiger partial charge in [-0.15, -0.1) is 0 Å². The molecule has 29 heavy (non-hydrogen) atoms. The van der Waals surface area contributed by atoms with E-state index in [-0.39, 0.29) is 5.78 Å². The van der Waals surface area contributed by atoms with Crippen molar-refractivity contribution in [2.24, 2.45) is 0 Å². The number of anilines is 5. The Morgan fingerprint density at radius 2 is 1.62 bits per heavy atom. The molecule has 2 saturated heterocycles. The SMILES string of the molecule is CCN(c1nc(N2CCOCC2)nc(N2CCC(=O)CC2)n1)c1ccccc1N.